The molecule has 0 saturated carbocycles. The molecule has 2 atom stereocenters. The van der Waals surface area contributed by atoms with Crippen LogP contribution < -0.4 is 5.32 Å². The van der Waals surface area contributed by atoms with E-state index in [4.69, 9.17) is 9.57 Å². The lowest BCUT2D eigenvalue weighted by Crippen LogP contribution is -2.60. The molecule has 3 aromatic rings. The molecule has 2 aliphatic heterocycles. The maximum absolute atomic E-state index is 14.4. The monoisotopic (exact) mass is 802 g/mol. The number of nitro groups is 2. The number of non-ortho nitro benzene ring substituents is 1. The Bertz CT molecular complexity index is 2100. The average molecular weight is 803 g/mol. The van der Waals surface area contributed by atoms with Gasteiger partial charge in [-0.2, -0.15) is 4.31 Å². The van der Waals surface area contributed by atoms with Crippen molar-refractivity contribution < 1.29 is 45.8 Å². The average Bonchev–Trinajstić information content (AvgIpc) is 3.14. The van der Waals surface area contributed by atoms with Crippen LogP contribution in [0.3, 0.4) is 0 Å². The van der Waals surface area contributed by atoms with Crippen LogP contribution in [0.25, 0.3) is 0 Å². The van der Waals surface area contributed by atoms with Gasteiger partial charge in [-0.25, -0.2) is 21.6 Å². The van der Waals surface area contributed by atoms with E-state index in [2.05, 4.69) is 5.32 Å². The van der Waals surface area contributed by atoms with Gasteiger partial charge in [0.2, 0.25) is 5.91 Å². The third-order valence-electron chi connectivity index (χ3n) is 9.04. The molecule has 1 N–H and O–H groups in total. The molecule has 2 fully saturated rings. The number of nitro benzene ring substituents is 2. The molecule has 0 aromatic heterocycles. The van der Waals surface area contributed by atoms with Gasteiger partial charge in [0, 0.05) is 43.9 Å². The van der Waals surface area contributed by atoms with Crippen molar-refractivity contribution >= 4 is 43.4 Å². The fourth-order valence-corrected chi connectivity index (χ4v) is 9.59. The van der Waals surface area contributed by atoms with Crippen LogP contribution in [-0.4, -0.2) is 95.7 Å². The van der Waals surface area contributed by atoms with Crippen LogP contribution in [0.5, 0.6) is 0 Å². The fourth-order valence-electron chi connectivity index (χ4n) is 6.33. The first-order valence-electron chi connectivity index (χ1n) is 17.4. The number of amides is 2. The highest BCUT2D eigenvalue weighted by Gasteiger charge is 2.47. The number of hydroxylamine groups is 1. The standard InChI is InChI=1S/C35H42N6O12S2/c1-35(2,3)53-34(43)37-21-19-26(20-22-37)36-33(42)31-18-15-28(23-38(31)55(50,51)32-12-8-7-11-30(32)40(46)47)41(52-24-25-9-5-4-6-10-25)54(48,49)29-16-13-27(14-17-29)39(44)45/h4-14,16-17,26,28,31H,15,18-24H2,1-3H3,(H,36,42)/t28-,31?/m1/s1. The molecule has 20 heteroatoms. The van der Waals surface area contributed by atoms with Crippen LogP contribution >= 0.6 is 0 Å². The number of nitrogens with one attached hydrogen (secondary N) is 1. The summed E-state index contributed by atoms with van der Waals surface area (Å²) in [6, 6.07) is 14.1. The van der Waals surface area contributed by atoms with Gasteiger partial charge in [-0.3, -0.25) is 29.9 Å². The Labute approximate surface area is 318 Å². The van der Waals surface area contributed by atoms with Gasteiger partial charge in [0.1, 0.15) is 11.6 Å². The summed E-state index contributed by atoms with van der Waals surface area (Å²) in [5.74, 6) is -0.702. The molecule has 1 unspecified atom stereocenters. The number of hydrogen-bond donors (Lipinski definition) is 1. The second-order valence-electron chi connectivity index (χ2n) is 14.1. The number of carbonyl (C=O) groups is 2. The molecular formula is C35H42N6O12S2. The maximum atomic E-state index is 14.4. The zero-order valence-electron chi connectivity index (χ0n) is 30.3. The zero-order chi connectivity index (χ0) is 40.1. The highest BCUT2D eigenvalue weighted by Crippen LogP contribution is 2.34. The van der Waals surface area contributed by atoms with Crippen molar-refractivity contribution in [3.05, 3.63) is 105 Å². The number of piperidine rings is 2. The lowest BCUT2D eigenvalue weighted by Gasteiger charge is -2.41. The summed E-state index contributed by atoms with van der Waals surface area (Å²) in [5, 5.41) is 26.1. The number of nitrogens with zero attached hydrogens (tertiary/aromatic N) is 5. The quantitative estimate of drug-likeness (QED) is 0.199. The predicted octanol–water partition coefficient (Wildman–Crippen LogP) is 4.36. The Morgan fingerprint density at radius 1 is 0.855 bits per heavy atom. The Morgan fingerprint density at radius 2 is 1.47 bits per heavy atom. The van der Waals surface area contributed by atoms with Crippen LogP contribution in [0.1, 0.15) is 52.0 Å². The third kappa shape index (κ3) is 9.81. The van der Waals surface area contributed by atoms with Crippen molar-refractivity contribution in [1.29, 1.82) is 0 Å². The minimum Gasteiger partial charge on any atom is -0.444 e. The molecule has 0 spiro atoms. The third-order valence-corrected chi connectivity index (χ3v) is 12.7. The summed E-state index contributed by atoms with van der Waals surface area (Å²) in [6.07, 6.45) is -0.120. The summed E-state index contributed by atoms with van der Waals surface area (Å²) >= 11 is 0. The largest absolute Gasteiger partial charge is 0.444 e. The molecule has 18 nitrogen and oxygen atoms in total. The topological polar surface area (TPSA) is 229 Å². The van der Waals surface area contributed by atoms with Gasteiger partial charge in [0.15, 0.2) is 4.90 Å². The van der Waals surface area contributed by atoms with Gasteiger partial charge in [-0.15, -0.1) is 0 Å². The Balaban J connectivity index is 1.47. The summed E-state index contributed by atoms with van der Waals surface area (Å²) < 4.78 is 64.1. The van der Waals surface area contributed by atoms with E-state index >= 15 is 0 Å². The van der Waals surface area contributed by atoms with Crippen molar-refractivity contribution in [3.8, 4) is 0 Å². The first kappa shape index (κ1) is 41.1. The molecule has 55 heavy (non-hydrogen) atoms. The van der Waals surface area contributed by atoms with Gasteiger partial charge in [0.25, 0.3) is 31.4 Å². The van der Waals surface area contributed by atoms with Crippen molar-refractivity contribution in [1.82, 2.24) is 19.0 Å². The van der Waals surface area contributed by atoms with E-state index in [1.54, 1.807) is 51.1 Å². The number of sulfonamides is 2. The van der Waals surface area contributed by atoms with Gasteiger partial charge in [-0.1, -0.05) is 46.9 Å². The first-order valence-corrected chi connectivity index (χ1v) is 20.3. The van der Waals surface area contributed by atoms with E-state index in [1.165, 1.54) is 17.0 Å². The molecule has 0 aliphatic carbocycles. The Hall–Kier alpha value is -5.02. The molecule has 0 radical (unpaired) electrons. The number of ether oxygens (including phenoxy) is 1. The van der Waals surface area contributed by atoms with Gasteiger partial charge in [-0.05, 0) is 70.2 Å². The number of hydrogen-bond acceptors (Lipinski definition) is 12. The second-order valence-corrected chi connectivity index (χ2v) is 17.7. The molecule has 0 bridgehead atoms. The van der Waals surface area contributed by atoms with Crippen molar-refractivity contribution in [2.75, 3.05) is 19.6 Å². The van der Waals surface area contributed by atoms with Crippen LogP contribution in [0.4, 0.5) is 16.2 Å². The number of carbonyl (C=O) groups excluding carboxylic acids is 2. The molecule has 2 aliphatic rings. The molecule has 2 saturated heterocycles. The van der Waals surface area contributed by atoms with E-state index in [0.29, 0.717) is 22.9 Å². The lowest BCUT2D eigenvalue weighted by molar-refractivity contribution is -0.387. The lowest BCUT2D eigenvalue weighted by atomic mass is 9.99. The zero-order valence-corrected chi connectivity index (χ0v) is 32.0. The highest BCUT2D eigenvalue weighted by molar-refractivity contribution is 7.89. The molecular weight excluding hydrogens is 761 g/mol. The number of likely N-dealkylation sites (tertiary alicyclic amines) is 1. The Morgan fingerprint density at radius 3 is 2.07 bits per heavy atom. The predicted molar refractivity (Wildman–Crippen MR) is 196 cm³/mol. The number of rotatable bonds is 12. The number of benzene rings is 3. The maximum Gasteiger partial charge on any atom is 0.410 e. The smallest absolute Gasteiger partial charge is 0.410 e. The molecule has 5 rings (SSSR count). The minimum absolute atomic E-state index is 0.0842. The van der Waals surface area contributed by atoms with Crippen LogP contribution in [0, 0.1) is 20.2 Å². The molecule has 2 heterocycles. The van der Waals surface area contributed by atoms with Crippen LogP contribution in [-0.2, 0) is 41.0 Å². The summed E-state index contributed by atoms with van der Waals surface area (Å²) in [4.78, 5) is 54.6. The minimum atomic E-state index is -4.86. The van der Waals surface area contributed by atoms with E-state index in [1.807, 2.05) is 0 Å². The highest BCUT2D eigenvalue weighted by atomic mass is 32.2. The summed E-state index contributed by atoms with van der Waals surface area (Å²) in [6.45, 7) is 4.84. The van der Waals surface area contributed by atoms with Crippen LogP contribution in [0.15, 0.2) is 88.7 Å². The van der Waals surface area contributed by atoms with Crippen molar-refractivity contribution in [3.63, 3.8) is 0 Å². The van der Waals surface area contributed by atoms with Crippen molar-refractivity contribution in [2.24, 2.45) is 0 Å². The van der Waals surface area contributed by atoms with Crippen LogP contribution in [0.2, 0.25) is 0 Å². The Kier molecular flexibility index (Phi) is 12.6. The van der Waals surface area contributed by atoms with E-state index in [-0.39, 0.29) is 43.1 Å². The molecule has 2 amide bonds. The van der Waals surface area contributed by atoms with Crippen molar-refractivity contribution in [2.45, 2.75) is 86.6 Å². The van der Waals surface area contributed by atoms with Gasteiger partial charge in [0.05, 0.1) is 27.4 Å². The van der Waals surface area contributed by atoms with Gasteiger partial charge >= 0.3 is 6.09 Å². The molecule has 296 valence electrons. The SMILES string of the molecule is CC(C)(C)OC(=O)N1CCC(NC(=O)C2CC[C@@H](N(OCc3ccccc3)S(=O)(=O)c3ccc([N+](=O)[O-])cc3)CN2S(=O)(=O)c2ccccc2[N+](=O)[O-])CC1. The summed E-state index contributed by atoms with van der Waals surface area (Å²) in [5.41, 5.74) is -1.23. The van der Waals surface area contributed by atoms with Gasteiger partial charge < -0.3 is 15.0 Å². The first-order chi connectivity index (χ1) is 25.9. The number of para-hydroxylation sites is 1. The fraction of sp³-hybridized carbons (Fsp3) is 0.429. The summed E-state index contributed by atoms with van der Waals surface area (Å²) in [7, 11) is -9.50. The van der Waals surface area contributed by atoms with E-state index in [0.717, 1.165) is 40.7 Å². The van der Waals surface area contributed by atoms with E-state index < -0.39 is 82.7 Å². The normalized spacial score (nSPS) is 18.8. The van der Waals surface area contributed by atoms with E-state index in [9.17, 15) is 46.7 Å². The second kappa shape index (κ2) is 16.8. The molecule has 3 aromatic carbocycles.